The summed E-state index contributed by atoms with van der Waals surface area (Å²) in [5.74, 6) is -0.835. The lowest BCUT2D eigenvalue weighted by molar-refractivity contribution is -0.299. The number of carbonyl (C=O) groups excluding carboxylic acids is 1. The van der Waals surface area contributed by atoms with Crippen molar-refractivity contribution in [2.45, 2.75) is 79.3 Å². The molecular weight excluding hydrogens is 595 g/mol. The number of nitrogens with one attached hydrogen (secondary N) is 1. The van der Waals surface area contributed by atoms with E-state index in [1.807, 2.05) is 0 Å². The Labute approximate surface area is 240 Å². The minimum Gasteiger partial charge on any atom is -0.394 e. The van der Waals surface area contributed by atoms with E-state index >= 15 is 0 Å². The molecule has 0 aliphatic carbocycles. The fourth-order valence-corrected chi connectivity index (χ4v) is 4.70. The zero-order chi connectivity index (χ0) is 31.7. The molecule has 3 aliphatic rings. The van der Waals surface area contributed by atoms with E-state index in [9.17, 15) is 58.8 Å². The number of hydrogen-bond acceptors (Lipinski definition) is 15. The van der Waals surface area contributed by atoms with E-state index in [-0.39, 0.29) is 11.1 Å². The van der Waals surface area contributed by atoms with Crippen LogP contribution in [0.25, 0.3) is 0 Å². The molecular formula is C24H32F3N3O13. The van der Waals surface area contributed by atoms with Gasteiger partial charge in [0.15, 0.2) is 12.6 Å². The maximum Gasteiger partial charge on any atom is 0.442 e. The third-order valence-corrected chi connectivity index (χ3v) is 7.24. The molecule has 0 bridgehead atoms. The van der Waals surface area contributed by atoms with Crippen LogP contribution in [0.1, 0.15) is 15.9 Å². The molecule has 1 amide bonds. The highest BCUT2D eigenvalue weighted by atomic mass is 19.4. The topological polar surface area (TPSA) is 253 Å². The number of aliphatic hydroxyl groups is 8. The molecule has 9 N–H and O–H groups in total. The van der Waals surface area contributed by atoms with E-state index in [0.29, 0.717) is 0 Å². The van der Waals surface area contributed by atoms with E-state index < -0.39 is 112 Å². The molecule has 2 fully saturated rings. The third-order valence-electron chi connectivity index (χ3n) is 7.24. The van der Waals surface area contributed by atoms with Crippen LogP contribution in [0, 0.1) is 0 Å². The van der Waals surface area contributed by atoms with Crippen LogP contribution in [0.2, 0.25) is 0 Å². The minimum atomic E-state index is -4.77. The summed E-state index contributed by atoms with van der Waals surface area (Å²) >= 11 is 0. The average molecular weight is 628 g/mol. The predicted molar refractivity (Wildman–Crippen MR) is 130 cm³/mol. The average Bonchev–Trinajstić information content (AvgIpc) is 3.80. The third kappa shape index (κ3) is 6.97. The first-order chi connectivity index (χ1) is 20.2. The number of carbonyl (C=O) groups is 1. The van der Waals surface area contributed by atoms with Gasteiger partial charge in [-0.15, -0.1) is 10.2 Å². The fraction of sp³-hybridized carbons (Fsp3) is 0.708. The van der Waals surface area contributed by atoms with Crippen molar-refractivity contribution in [2.24, 2.45) is 10.2 Å². The van der Waals surface area contributed by atoms with Crippen LogP contribution in [0.15, 0.2) is 34.5 Å². The lowest BCUT2D eigenvalue weighted by Gasteiger charge is -2.41. The zero-order valence-corrected chi connectivity index (χ0v) is 22.1. The van der Waals surface area contributed by atoms with E-state index in [1.165, 1.54) is 0 Å². The molecule has 1 aromatic rings. The predicted octanol–water partition coefficient (Wildman–Crippen LogP) is -3.40. The molecule has 242 valence electrons. The van der Waals surface area contributed by atoms with Crippen LogP contribution in [-0.4, -0.2) is 147 Å². The van der Waals surface area contributed by atoms with E-state index in [0.717, 1.165) is 24.3 Å². The number of amides is 1. The lowest BCUT2D eigenvalue weighted by Crippen LogP contribution is -2.61. The van der Waals surface area contributed by atoms with Gasteiger partial charge in [0.25, 0.3) is 5.91 Å². The van der Waals surface area contributed by atoms with Gasteiger partial charge in [-0.3, -0.25) is 4.79 Å². The number of ether oxygens (including phenoxy) is 4. The minimum absolute atomic E-state index is 0.104. The summed E-state index contributed by atoms with van der Waals surface area (Å²) in [6, 6.07) is 3.04. The van der Waals surface area contributed by atoms with Gasteiger partial charge in [-0.2, -0.15) is 13.2 Å². The van der Waals surface area contributed by atoms with Gasteiger partial charge in [0.1, 0.15) is 48.8 Å². The molecule has 1 aromatic carbocycles. The van der Waals surface area contributed by atoms with Crippen LogP contribution >= 0.6 is 0 Å². The van der Waals surface area contributed by atoms with Crippen molar-refractivity contribution in [3.8, 4) is 0 Å². The van der Waals surface area contributed by atoms with E-state index in [4.69, 9.17) is 18.9 Å². The van der Waals surface area contributed by atoms with Crippen molar-refractivity contribution in [3.05, 3.63) is 35.4 Å². The normalized spacial score (nSPS) is 36.3. The summed E-state index contributed by atoms with van der Waals surface area (Å²) in [4.78, 5) is 13.0. The van der Waals surface area contributed by atoms with Gasteiger partial charge in [0.05, 0.1) is 32.5 Å². The molecule has 3 heterocycles. The smallest absolute Gasteiger partial charge is 0.394 e. The fourth-order valence-electron chi connectivity index (χ4n) is 4.70. The molecule has 43 heavy (non-hydrogen) atoms. The standard InChI is InChI=1S/C24H32F3N3O13/c25-24(26,27)23(29-30-23)10-3-1-9(2-4-10)20(37)28-11(7-40-18-12(5-31)42-21(38)16(35)14(18)33)8-41-19-13(6-32)43-22(39)17(36)15(19)34/h1-4,11-19,21-22,31-36,38-39H,5-8H2,(H,28,37)/t11?,12?,13?,14?,15?,16?,17?,18-,19-,21-,22-/m1/s1. The maximum atomic E-state index is 13.3. The molecule has 0 saturated carbocycles. The Morgan fingerprint density at radius 2 is 1.28 bits per heavy atom. The van der Waals surface area contributed by atoms with Gasteiger partial charge in [-0.05, 0) is 12.1 Å². The van der Waals surface area contributed by atoms with Crippen molar-refractivity contribution in [1.82, 2.24) is 5.32 Å². The Hall–Kier alpha value is -2.40. The molecule has 3 aliphatic heterocycles. The van der Waals surface area contributed by atoms with E-state index in [2.05, 4.69) is 15.5 Å². The molecule has 10 atom stereocenters. The Morgan fingerprint density at radius 3 is 1.65 bits per heavy atom. The van der Waals surface area contributed by atoms with E-state index in [1.54, 1.807) is 0 Å². The quantitative estimate of drug-likeness (QED) is 0.116. The summed E-state index contributed by atoms with van der Waals surface area (Å²) in [6.07, 6.45) is -21.0. The van der Waals surface area contributed by atoms with Crippen molar-refractivity contribution < 1.29 is 77.8 Å². The zero-order valence-electron chi connectivity index (χ0n) is 22.1. The lowest BCUT2D eigenvalue weighted by atomic mass is 9.99. The van der Waals surface area contributed by atoms with Gasteiger partial charge in [0, 0.05) is 11.1 Å². The highest BCUT2D eigenvalue weighted by molar-refractivity contribution is 5.94. The Kier molecular flexibility index (Phi) is 10.4. The van der Waals surface area contributed by atoms with Crippen molar-refractivity contribution in [2.75, 3.05) is 26.4 Å². The Balaban J connectivity index is 1.48. The molecule has 0 radical (unpaired) electrons. The summed E-state index contributed by atoms with van der Waals surface area (Å²) in [6.45, 7) is -2.54. The number of nitrogens with zero attached hydrogens (tertiary/aromatic N) is 2. The molecule has 19 heteroatoms. The second-order valence-electron chi connectivity index (χ2n) is 10.2. The number of halogens is 3. The van der Waals surface area contributed by atoms with Gasteiger partial charge in [-0.25, -0.2) is 0 Å². The Morgan fingerprint density at radius 1 is 0.837 bits per heavy atom. The van der Waals surface area contributed by atoms with Crippen LogP contribution in [0.3, 0.4) is 0 Å². The monoisotopic (exact) mass is 627 g/mol. The van der Waals surface area contributed by atoms with Gasteiger partial charge in [0.2, 0.25) is 0 Å². The second kappa shape index (κ2) is 13.3. The summed E-state index contributed by atoms with van der Waals surface area (Å²) < 4.78 is 61.2. The molecule has 0 spiro atoms. The summed E-state index contributed by atoms with van der Waals surface area (Å²) in [5, 5.41) is 87.9. The van der Waals surface area contributed by atoms with Crippen molar-refractivity contribution in [1.29, 1.82) is 0 Å². The highest BCUT2D eigenvalue weighted by Crippen LogP contribution is 2.52. The number of aliphatic hydroxyl groups excluding tert-OH is 8. The maximum absolute atomic E-state index is 13.3. The number of alkyl halides is 3. The molecule has 2 saturated heterocycles. The number of hydrogen-bond donors (Lipinski definition) is 9. The van der Waals surface area contributed by atoms with Gasteiger partial charge < -0.3 is 65.1 Å². The summed E-state index contributed by atoms with van der Waals surface area (Å²) in [7, 11) is 0. The van der Waals surface area contributed by atoms with Crippen LogP contribution in [-0.2, 0) is 24.6 Å². The second-order valence-corrected chi connectivity index (χ2v) is 10.2. The van der Waals surface area contributed by atoms with Crippen molar-refractivity contribution >= 4 is 5.91 Å². The molecule has 16 nitrogen and oxygen atoms in total. The molecule has 4 rings (SSSR count). The number of rotatable bonds is 11. The first-order valence-corrected chi connectivity index (χ1v) is 13.0. The first kappa shape index (κ1) is 33.5. The van der Waals surface area contributed by atoms with Crippen LogP contribution in [0.4, 0.5) is 13.2 Å². The van der Waals surface area contributed by atoms with Crippen molar-refractivity contribution in [3.63, 3.8) is 0 Å². The first-order valence-electron chi connectivity index (χ1n) is 13.0. The van der Waals surface area contributed by atoms with Crippen LogP contribution < -0.4 is 5.32 Å². The Bertz CT molecular complexity index is 1080. The number of benzene rings is 1. The molecule has 0 aromatic heterocycles. The highest BCUT2D eigenvalue weighted by Gasteiger charge is 2.65. The van der Waals surface area contributed by atoms with Crippen LogP contribution in [0.5, 0.6) is 0 Å². The molecule has 6 unspecified atom stereocenters. The summed E-state index contributed by atoms with van der Waals surface area (Å²) in [5.41, 5.74) is -3.11. The van der Waals surface area contributed by atoms with Gasteiger partial charge >= 0.3 is 11.8 Å². The largest absolute Gasteiger partial charge is 0.442 e. The van der Waals surface area contributed by atoms with Gasteiger partial charge in [-0.1, -0.05) is 12.1 Å². The SMILES string of the molecule is O=C(NC(CO[C@@H]1C(CO)O[C@@H](O)C(O)C1O)CO[C@@H]1C(CO)O[C@@H](O)C(O)C1O)c1ccc(C2(C(F)(F)F)N=N2)cc1.